The van der Waals surface area contributed by atoms with Crippen molar-refractivity contribution in [3.63, 3.8) is 0 Å². The van der Waals surface area contributed by atoms with Gasteiger partial charge in [-0.25, -0.2) is 0 Å². The number of ether oxygens (including phenoxy) is 1. The maximum absolute atomic E-state index is 11.1. The molecule has 100 valence electrons. The minimum atomic E-state index is -0.727. The molecule has 1 aliphatic rings. The number of carboxylic acid groups (broad SMARTS) is 1. The van der Waals surface area contributed by atoms with Crippen molar-refractivity contribution in [2.24, 2.45) is 11.8 Å². The van der Waals surface area contributed by atoms with Gasteiger partial charge in [-0.15, -0.1) is 0 Å². The summed E-state index contributed by atoms with van der Waals surface area (Å²) in [6, 6.07) is 0.0599. The summed E-state index contributed by atoms with van der Waals surface area (Å²) in [5, 5.41) is 9.14. The predicted molar refractivity (Wildman–Crippen MR) is 67.1 cm³/mol. The van der Waals surface area contributed by atoms with Gasteiger partial charge in [-0.3, -0.25) is 9.69 Å². The maximum Gasteiger partial charge on any atom is 0.310 e. The minimum Gasteiger partial charge on any atom is -0.481 e. The molecule has 1 fully saturated rings. The molecule has 1 heterocycles. The molecule has 17 heavy (non-hydrogen) atoms. The van der Waals surface area contributed by atoms with Crippen LogP contribution in [-0.2, 0) is 9.53 Å². The molecule has 2 atom stereocenters. The second-order valence-corrected chi connectivity index (χ2v) is 5.21. The third kappa shape index (κ3) is 4.28. The largest absolute Gasteiger partial charge is 0.481 e. The molecule has 1 N–H and O–H groups in total. The smallest absolute Gasteiger partial charge is 0.310 e. The van der Waals surface area contributed by atoms with Gasteiger partial charge in [-0.2, -0.15) is 0 Å². The Kier molecular flexibility index (Phi) is 5.92. The fourth-order valence-electron chi connectivity index (χ4n) is 2.40. The molecule has 0 amide bonds. The van der Waals surface area contributed by atoms with E-state index >= 15 is 0 Å². The van der Waals surface area contributed by atoms with Gasteiger partial charge in [0.25, 0.3) is 0 Å². The van der Waals surface area contributed by atoms with E-state index in [4.69, 9.17) is 9.84 Å². The van der Waals surface area contributed by atoms with E-state index < -0.39 is 5.97 Å². The van der Waals surface area contributed by atoms with Gasteiger partial charge in [-0.05, 0) is 31.8 Å². The summed E-state index contributed by atoms with van der Waals surface area (Å²) in [7, 11) is 0. The highest BCUT2D eigenvalue weighted by atomic mass is 16.5. The number of rotatable bonds is 7. The van der Waals surface area contributed by atoms with Gasteiger partial charge in [0.05, 0.1) is 19.1 Å². The third-order valence-corrected chi connectivity index (χ3v) is 3.47. The SMILES string of the molecule is CCN(CCCC(C)C)C1COCC1C(=O)O. The highest BCUT2D eigenvalue weighted by Crippen LogP contribution is 2.20. The number of likely N-dealkylation sites (N-methyl/N-ethyl adjacent to an activating group) is 1. The van der Waals surface area contributed by atoms with Crippen molar-refractivity contribution in [2.75, 3.05) is 26.3 Å². The lowest BCUT2D eigenvalue weighted by Gasteiger charge is -2.29. The quantitative estimate of drug-likeness (QED) is 0.741. The van der Waals surface area contributed by atoms with E-state index in [1.54, 1.807) is 0 Å². The van der Waals surface area contributed by atoms with E-state index in [0.717, 1.165) is 19.5 Å². The highest BCUT2D eigenvalue weighted by molar-refractivity contribution is 5.71. The Labute approximate surface area is 104 Å². The minimum absolute atomic E-state index is 0.0599. The van der Waals surface area contributed by atoms with E-state index in [1.807, 2.05) is 0 Å². The van der Waals surface area contributed by atoms with E-state index in [9.17, 15) is 4.79 Å². The lowest BCUT2D eigenvalue weighted by Crippen LogP contribution is -2.43. The number of hydrogen-bond donors (Lipinski definition) is 1. The molecule has 0 aliphatic carbocycles. The topological polar surface area (TPSA) is 49.8 Å². The van der Waals surface area contributed by atoms with E-state index in [2.05, 4.69) is 25.7 Å². The monoisotopic (exact) mass is 243 g/mol. The molecule has 4 nitrogen and oxygen atoms in total. The molecule has 2 unspecified atom stereocenters. The van der Waals surface area contributed by atoms with Gasteiger partial charge in [0, 0.05) is 6.04 Å². The van der Waals surface area contributed by atoms with Crippen LogP contribution >= 0.6 is 0 Å². The zero-order valence-electron chi connectivity index (χ0n) is 11.2. The molecule has 1 aliphatic heterocycles. The summed E-state index contributed by atoms with van der Waals surface area (Å²) < 4.78 is 5.32. The van der Waals surface area contributed by atoms with Crippen LogP contribution in [0.4, 0.5) is 0 Å². The van der Waals surface area contributed by atoms with Gasteiger partial charge in [-0.1, -0.05) is 20.8 Å². The summed E-state index contributed by atoms with van der Waals surface area (Å²) >= 11 is 0. The first kappa shape index (κ1) is 14.5. The van der Waals surface area contributed by atoms with Crippen LogP contribution in [0.1, 0.15) is 33.6 Å². The first-order valence-corrected chi connectivity index (χ1v) is 6.60. The first-order valence-electron chi connectivity index (χ1n) is 6.60. The van der Waals surface area contributed by atoms with Crippen molar-refractivity contribution < 1.29 is 14.6 Å². The Morgan fingerprint density at radius 2 is 2.18 bits per heavy atom. The number of nitrogens with zero attached hydrogens (tertiary/aromatic N) is 1. The molecule has 0 spiro atoms. The van der Waals surface area contributed by atoms with Crippen molar-refractivity contribution in [2.45, 2.75) is 39.7 Å². The van der Waals surface area contributed by atoms with Crippen LogP contribution in [0.2, 0.25) is 0 Å². The Bertz CT molecular complexity index is 243. The lowest BCUT2D eigenvalue weighted by atomic mass is 10.0. The maximum atomic E-state index is 11.1. The second-order valence-electron chi connectivity index (χ2n) is 5.21. The average molecular weight is 243 g/mol. The van der Waals surface area contributed by atoms with Crippen LogP contribution in [0, 0.1) is 11.8 Å². The van der Waals surface area contributed by atoms with E-state index in [0.29, 0.717) is 19.1 Å². The highest BCUT2D eigenvalue weighted by Gasteiger charge is 2.37. The lowest BCUT2D eigenvalue weighted by molar-refractivity contribution is -0.143. The fourth-order valence-corrected chi connectivity index (χ4v) is 2.40. The van der Waals surface area contributed by atoms with Crippen LogP contribution in [-0.4, -0.2) is 48.3 Å². The molecule has 0 aromatic heterocycles. The van der Waals surface area contributed by atoms with Crippen molar-refractivity contribution in [1.29, 1.82) is 0 Å². The van der Waals surface area contributed by atoms with Gasteiger partial charge in [0.1, 0.15) is 0 Å². The molecule has 0 bridgehead atoms. The molecule has 0 aromatic rings. The predicted octanol–water partition coefficient (Wildman–Crippen LogP) is 1.84. The Morgan fingerprint density at radius 1 is 1.47 bits per heavy atom. The van der Waals surface area contributed by atoms with Crippen LogP contribution in [0.5, 0.6) is 0 Å². The second kappa shape index (κ2) is 6.97. The molecule has 1 rings (SSSR count). The molecule has 0 saturated carbocycles. The van der Waals surface area contributed by atoms with Gasteiger partial charge in [0.15, 0.2) is 0 Å². The normalized spacial score (nSPS) is 24.8. The number of hydrogen-bond acceptors (Lipinski definition) is 3. The Hall–Kier alpha value is -0.610. The van der Waals surface area contributed by atoms with Crippen LogP contribution in [0.25, 0.3) is 0 Å². The van der Waals surface area contributed by atoms with Crippen molar-refractivity contribution in [3.05, 3.63) is 0 Å². The van der Waals surface area contributed by atoms with Crippen molar-refractivity contribution in [1.82, 2.24) is 4.90 Å². The van der Waals surface area contributed by atoms with Crippen LogP contribution < -0.4 is 0 Å². The average Bonchev–Trinajstić information content (AvgIpc) is 2.72. The van der Waals surface area contributed by atoms with E-state index in [-0.39, 0.29) is 12.0 Å². The first-order chi connectivity index (χ1) is 8.06. The molecule has 0 aromatic carbocycles. The zero-order chi connectivity index (χ0) is 12.8. The third-order valence-electron chi connectivity index (χ3n) is 3.47. The summed E-state index contributed by atoms with van der Waals surface area (Å²) in [6.45, 7) is 9.33. The summed E-state index contributed by atoms with van der Waals surface area (Å²) in [4.78, 5) is 13.4. The summed E-state index contributed by atoms with van der Waals surface area (Å²) in [5.41, 5.74) is 0. The summed E-state index contributed by atoms with van der Waals surface area (Å²) in [6.07, 6.45) is 2.33. The Balaban J connectivity index is 2.45. The van der Waals surface area contributed by atoms with Crippen LogP contribution in [0.15, 0.2) is 0 Å². The molecule has 1 saturated heterocycles. The molecule has 0 radical (unpaired) electrons. The van der Waals surface area contributed by atoms with Gasteiger partial charge >= 0.3 is 5.97 Å². The number of aliphatic carboxylic acids is 1. The fraction of sp³-hybridized carbons (Fsp3) is 0.923. The van der Waals surface area contributed by atoms with Gasteiger partial charge in [0.2, 0.25) is 0 Å². The molecular formula is C13H25NO3. The van der Waals surface area contributed by atoms with Crippen molar-refractivity contribution in [3.8, 4) is 0 Å². The van der Waals surface area contributed by atoms with Crippen LogP contribution in [0.3, 0.4) is 0 Å². The molecular weight excluding hydrogens is 218 g/mol. The van der Waals surface area contributed by atoms with E-state index in [1.165, 1.54) is 6.42 Å². The van der Waals surface area contributed by atoms with Gasteiger partial charge < -0.3 is 9.84 Å². The number of carboxylic acids is 1. The zero-order valence-corrected chi connectivity index (χ0v) is 11.2. The standard InChI is InChI=1S/C13H25NO3/c1-4-14(7-5-6-10(2)3)12-9-17-8-11(12)13(15)16/h10-12H,4-9H2,1-3H3,(H,15,16). The summed E-state index contributed by atoms with van der Waals surface area (Å²) in [5.74, 6) is -0.368. The van der Waals surface area contributed by atoms with Crippen molar-refractivity contribution >= 4 is 5.97 Å². The number of carbonyl (C=O) groups is 1. The molecule has 4 heteroatoms. The Morgan fingerprint density at radius 3 is 2.71 bits per heavy atom.